The second-order valence-electron chi connectivity index (χ2n) is 6.73. The van der Waals surface area contributed by atoms with Crippen molar-refractivity contribution in [2.75, 3.05) is 26.7 Å². The molecule has 0 aromatic heterocycles. The number of nitrogens with zero attached hydrogens (tertiary/aromatic N) is 1. The molecule has 2 nitrogen and oxygen atoms in total. The highest BCUT2D eigenvalue weighted by molar-refractivity contribution is 4.74. The zero-order valence-corrected chi connectivity index (χ0v) is 12.2. The summed E-state index contributed by atoms with van der Waals surface area (Å²) in [5.74, 6) is 1.00. The van der Waals surface area contributed by atoms with Gasteiger partial charge in [0.1, 0.15) is 0 Å². The summed E-state index contributed by atoms with van der Waals surface area (Å²) in [5.41, 5.74) is 6.03. The lowest BCUT2D eigenvalue weighted by atomic mass is 9.86. The van der Waals surface area contributed by atoms with E-state index in [1.165, 1.54) is 51.6 Å². The molecule has 0 amide bonds. The maximum absolute atomic E-state index is 5.66. The molecule has 1 rings (SSSR count). The first-order chi connectivity index (χ1) is 8.03. The second-order valence-corrected chi connectivity index (χ2v) is 6.73. The van der Waals surface area contributed by atoms with Gasteiger partial charge in [0, 0.05) is 6.54 Å². The topological polar surface area (TPSA) is 29.3 Å². The molecule has 2 heteroatoms. The van der Waals surface area contributed by atoms with Gasteiger partial charge in [0.2, 0.25) is 0 Å². The summed E-state index contributed by atoms with van der Waals surface area (Å²) in [6.45, 7) is 7.91. The Kier molecular flexibility index (Phi) is 6.50. The second kappa shape index (κ2) is 7.38. The molecule has 0 saturated heterocycles. The van der Waals surface area contributed by atoms with E-state index in [0.717, 1.165) is 18.9 Å². The van der Waals surface area contributed by atoms with Crippen LogP contribution in [0.15, 0.2) is 0 Å². The quantitative estimate of drug-likeness (QED) is 0.740. The molecular weight excluding hydrogens is 208 g/mol. The first kappa shape index (κ1) is 15.0. The van der Waals surface area contributed by atoms with Crippen LogP contribution in [0.25, 0.3) is 0 Å². The molecule has 0 aromatic carbocycles. The fourth-order valence-corrected chi connectivity index (χ4v) is 3.16. The van der Waals surface area contributed by atoms with Crippen molar-refractivity contribution in [2.45, 2.75) is 58.8 Å². The molecule has 102 valence electrons. The van der Waals surface area contributed by atoms with Crippen LogP contribution in [0.1, 0.15) is 58.8 Å². The van der Waals surface area contributed by atoms with Crippen molar-refractivity contribution in [3.8, 4) is 0 Å². The molecule has 1 fully saturated rings. The summed E-state index contributed by atoms with van der Waals surface area (Å²) < 4.78 is 0. The van der Waals surface area contributed by atoms with Crippen LogP contribution in [0, 0.1) is 11.3 Å². The molecule has 1 aliphatic carbocycles. The average molecular weight is 240 g/mol. The molecule has 0 bridgehead atoms. The number of hydrogen-bond acceptors (Lipinski definition) is 2. The molecule has 0 spiro atoms. The van der Waals surface area contributed by atoms with Crippen molar-refractivity contribution in [3.63, 3.8) is 0 Å². The fraction of sp³-hybridized carbons (Fsp3) is 1.00. The summed E-state index contributed by atoms with van der Waals surface area (Å²) in [6, 6.07) is 0. The first-order valence-corrected chi connectivity index (χ1v) is 7.42. The van der Waals surface area contributed by atoms with Crippen LogP contribution in [0.2, 0.25) is 0 Å². The maximum atomic E-state index is 5.66. The normalized spacial score (nSPS) is 18.9. The Morgan fingerprint density at radius 1 is 1.18 bits per heavy atom. The molecule has 0 atom stereocenters. The predicted molar refractivity (Wildman–Crippen MR) is 76.1 cm³/mol. The number of nitrogens with two attached hydrogens (primary N) is 1. The van der Waals surface area contributed by atoms with Gasteiger partial charge in [0.15, 0.2) is 0 Å². The summed E-state index contributed by atoms with van der Waals surface area (Å²) in [6.07, 6.45) is 9.87. The molecule has 2 N–H and O–H groups in total. The zero-order chi connectivity index (χ0) is 12.7. The van der Waals surface area contributed by atoms with Crippen LogP contribution in [0.3, 0.4) is 0 Å². The van der Waals surface area contributed by atoms with Crippen molar-refractivity contribution in [1.29, 1.82) is 0 Å². The molecule has 0 aromatic rings. The van der Waals surface area contributed by atoms with Gasteiger partial charge in [-0.05, 0) is 44.3 Å². The fourth-order valence-electron chi connectivity index (χ4n) is 3.16. The maximum Gasteiger partial charge on any atom is 0.00301 e. The zero-order valence-electron chi connectivity index (χ0n) is 12.2. The van der Waals surface area contributed by atoms with Gasteiger partial charge in [-0.15, -0.1) is 0 Å². The Morgan fingerprint density at radius 2 is 1.82 bits per heavy atom. The van der Waals surface area contributed by atoms with Crippen molar-refractivity contribution in [3.05, 3.63) is 0 Å². The third kappa shape index (κ3) is 6.42. The lowest BCUT2D eigenvalue weighted by Gasteiger charge is -2.31. The number of hydrogen-bond donors (Lipinski definition) is 1. The molecule has 0 radical (unpaired) electrons. The van der Waals surface area contributed by atoms with E-state index in [0.29, 0.717) is 5.41 Å². The van der Waals surface area contributed by atoms with Gasteiger partial charge in [0.05, 0.1) is 0 Å². The lowest BCUT2D eigenvalue weighted by molar-refractivity contribution is 0.184. The van der Waals surface area contributed by atoms with E-state index in [9.17, 15) is 0 Å². The van der Waals surface area contributed by atoms with Gasteiger partial charge in [-0.25, -0.2) is 0 Å². The third-order valence-corrected chi connectivity index (χ3v) is 4.16. The van der Waals surface area contributed by atoms with Gasteiger partial charge in [-0.1, -0.05) is 46.0 Å². The van der Waals surface area contributed by atoms with E-state index >= 15 is 0 Å². The first-order valence-electron chi connectivity index (χ1n) is 7.42. The largest absolute Gasteiger partial charge is 0.330 e. The standard InChI is InChI=1S/C15H32N2/c1-15(2,10-11-16)13-17(3)12-9-14-7-5-4-6-8-14/h14H,4-13,16H2,1-3H3. The highest BCUT2D eigenvalue weighted by atomic mass is 15.1. The minimum atomic E-state index is 0.371. The third-order valence-electron chi connectivity index (χ3n) is 4.16. The monoisotopic (exact) mass is 240 g/mol. The van der Waals surface area contributed by atoms with Crippen molar-refractivity contribution in [2.24, 2.45) is 17.1 Å². The van der Waals surface area contributed by atoms with E-state index in [-0.39, 0.29) is 0 Å². The summed E-state index contributed by atoms with van der Waals surface area (Å²) >= 11 is 0. The van der Waals surface area contributed by atoms with Crippen molar-refractivity contribution in [1.82, 2.24) is 4.90 Å². The van der Waals surface area contributed by atoms with E-state index in [1.807, 2.05) is 0 Å². The van der Waals surface area contributed by atoms with E-state index in [4.69, 9.17) is 5.73 Å². The van der Waals surface area contributed by atoms with Crippen molar-refractivity contribution >= 4 is 0 Å². The van der Waals surface area contributed by atoms with E-state index in [2.05, 4.69) is 25.8 Å². The Labute approximate surface area is 108 Å². The van der Waals surface area contributed by atoms with Crippen LogP contribution in [0.5, 0.6) is 0 Å². The summed E-state index contributed by atoms with van der Waals surface area (Å²) in [5, 5.41) is 0. The number of rotatable bonds is 7. The van der Waals surface area contributed by atoms with Crippen LogP contribution in [-0.4, -0.2) is 31.6 Å². The Morgan fingerprint density at radius 3 is 2.41 bits per heavy atom. The van der Waals surface area contributed by atoms with Crippen LogP contribution in [-0.2, 0) is 0 Å². The highest BCUT2D eigenvalue weighted by Gasteiger charge is 2.20. The van der Waals surface area contributed by atoms with E-state index < -0.39 is 0 Å². The molecule has 17 heavy (non-hydrogen) atoms. The minimum absolute atomic E-state index is 0.371. The molecule has 1 aliphatic rings. The van der Waals surface area contributed by atoms with Gasteiger partial charge >= 0.3 is 0 Å². The average Bonchev–Trinajstić information content (AvgIpc) is 2.27. The highest BCUT2D eigenvalue weighted by Crippen LogP contribution is 2.27. The van der Waals surface area contributed by atoms with Gasteiger partial charge in [-0.2, -0.15) is 0 Å². The van der Waals surface area contributed by atoms with Crippen LogP contribution >= 0.6 is 0 Å². The minimum Gasteiger partial charge on any atom is -0.330 e. The summed E-state index contributed by atoms with van der Waals surface area (Å²) in [7, 11) is 2.26. The molecular formula is C15H32N2. The molecule has 0 heterocycles. The lowest BCUT2D eigenvalue weighted by Crippen LogP contribution is -2.34. The van der Waals surface area contributed by atoms with Gasteiger partial charge in [-0.3, -0.25) is 0 Å². The smallest absolute Gasteiger partial charge is 0.00301 e. The van der Waals surface area contributed by atoms with Crippen LogP contribution < -0.4 is 5.73 Å². The SMILES string of the molecule is CN(CCC1CCCCC1)CC(C)(C)CCN. The van der Waals surface area contributed by atoms with E-state index in [1.54, 1.807) is 0 Å². The van der Waals surface area contributed by atoms with Crippen LogP contribution in [0.4, 0.5) is 0 Å². The molecule has 0 unspecified atom stereocenters. The molecule has 0 aliphatic heterocycles. The molecule has 1 saturated carbocycles. The Bertz CT molecular complexity index is 195. The Hall–Kier alpha value is -0.0800. The van der Waals surface area contributed by atoms with Gasteiger partial charge in [0.25, 0.3) is 0 Å². The van der Waals surface area contributed by atoms with Crippen molar-refractivity contribution < 1.29 is 0 Å². The van der Waals surface area contributed by atoms with Gasteiger partial charge < -0.3 is 10.6 Å². The predicted octanol–water partition coefficient (Wildman–Crippen LogP) is 3.26. The Balaban J connectivity index is 2.17. The summed E-state index contributed by atoms with van der Waals surface area (Å²) in [4.78, 5) is 2.50.